The molecule has 0 bridgehead atoms. The van der Waals surface area contributed by atoms with E-state index in [1.807, 2.05) is 13.8 Å². The van der Waals surface area contributed by atoms with Gasteiger partial charge in [0.1, 0.15) is 12.1 Å². The van der Waals surface area contributed by atoms with Crippen molar-refractivity contribution >= 4 is 11.8 Å². The van der Waals surface area contributed by atoms with Crippen LogP contribution in [0.25, 0.3) is 0 Å². The number of likely N-dealkylation sites (N-methyl/N-ethyl adjacent to an activating group) is 1. The first-order chi connectivity index (χ1) is 9.93. The predicted molar refractivity (Wildman–Crippen MR) is 79.8 cm³/mol. The van der Waals surface area contributed by atoms with Gasteiger partial charge in [-0.15, -0.1) is 0 Å². The lowest BCUT2D eigenvalue weighted by molar-refractivity contribution is -0.154. The molecule has 0 radical (unpaired) electrons. The Hall–Kier alpha value is -1.14. The van der Waals surface area contributed by atoms with Gasteiger partial charge in [-0.1, -0.05) is 20.8 Å². The van der Waals surface area contributed by atoms with Gasteiger partial charge >= 0.3 is 0 Å². The van der Waals surface area contributed by atoms with Crippen molar-refractivity contribution in [1.82, 2.24) is 15.1 Å². The van der Waals surface area contributed by atoms with Crippen LogP contribution in [0.4, 0.5) is 0 Å². The number of morpholine rings is 1. The summed E-state index contributed by atoms with van der Waals surface area (Å²) in [5.74, 6) is 0.0260. The van der Waals surface area contributed by atoms with Crippen molar-refractivity contribution in [2.24, 2.45) is 5.92 Å². The predicted octanol–water partition coefficient (Wildman–Crippen LogP) is 0.0786. The largest absolute Gasteiger partial charge is 0.374 e. The Bertz CT molecular complexity index is 400. The average molecular weight is 297 g/mol. The van der Waals surface area contributed by atoms with Crippen molar-refractivity contribution in [2.45, 2.75) is 45.9 Å². The van der Waals surface area contributed by atoms with Crippen molar-refractivity contribution < 1.29 is 14.3 Å². The van der Waals surface area contributed by atoms with Crippen LogP contribution in [0.1, 0.15) is 27.7 Å². The van der Waals surface area contributed by atoms with Gasteiger partial charge in [-0.05, 0) is 19.4 Å². The Morgan fingerprint density at radius 2 is 2.10 bits per heavy atom. The molecule has 2 fully saturated rings. The summed E-state index contributed by atoms with van der Waals surface area (Å²) in [5.41, 5.74) is 0. The number of ether oxygens (including phenoxy) is 1. The molecule has 0 saturated carbocycles. The summed E-state index contributed by atoms with van der Waals surface area (Å²) in [6.45, 7) is 11.7. The quantitative estimate of drug-likeness (QED) is 0.798. The molecule has 3 unspecified atom stereocenters. The van der Waals surface area contributed by atoms with Crippen LogP contribution in [0.5, 0.6) is 0 Å². The molecule has 2 amide bonds. The van der Waals surface area contributed by atoms with Gasteiger partial charge in [0, 0.05) is 19.6 Å². The van der Waals surface area contributed by atoms with Gasteiger partial charge in [-0.2, -0.15) is 0 Å². The van der Waals surface area contributed by atoms with E-state index in [9.17, 15) is 9.59 Å². The van der Waals surface area contributed by atoms with Crippen LogP contribution in [0, 0.1) is 5.92 Å². The Kier molecular flexibility index (Phi) is 5.22. The third-order valence-corrected chi connectivity index (χ3v) is 4.32. The van der Waals surface area contributed by atoms with Gasteiger partial charge < -0.3 is 15.0 Å². The smallest absolute Gasteiger partial charge is 0.245 e. The average Bonchev–Trinajstić information content (AvgIpc) is 2.44. The van der Waals surface area contributed by atoms with E-state index >= 15 is 0 Å². The molecule has 2 aliphatic rings. The fourth-order valence-electron chi connectivity index (χ4n) is 3.15. The van der Waals surface area contributed by atoms with Crippen molar-refractivity contribution in [3.05, 3.63) is 0 Å². The zero-order valence-corrected chi connectivity index (χ0v) is 13.5. The van der Waals surface area contributed by atoms with E-state index in [-0.39, 0.29) is 23.8 Å². The zero-order chi connectivity index (χ0) is 15.6. The van der Waals surface area contributed by atoms with Crippen molar-refractivity contribution in [3.63, 3.8) is 0 Å². The van der Waals surface area contributed by atoms with Gasteiger partial charge in [0.25, 0.3) is 0 Å². The molecule has 0 spiro atoms. The van der Waals surface area contributed by atoms with Crippen LogP contribution < -0.4 is 5.32 Å². The molecule has 2 heterocycles. The molecule has 0 aliphatic carbocycles. The minimum absolute atomic E-state index is 0.00878. The Morgan fingerprint density at radius 1 is 1.38 bits per heavy atom. The maximum atomic E-state index is 12.5. The number of carbonyl (C=O) groups excluding carboxylic acids is 2. The van der Waals surface area contributed by atoms with E-state index in [0.717, 1.165) is 19.6 Å². The highest BCUT2D eigenvalue weighted by molar-refractivity contribution is 5.96. The fraction of sp³-hybridized carbons (Fsp3) is 0.867. The SMILES string of the molecule is CCN1CCOC(CN2C(=O)C(C)NC(=O)C2C(C)C)C1. The minimum atomic E-state index is -0.446. The highest BCUT2D eigenvalue weighted by atomic mass is 16.5. The molecule has 0 aromatic heterocycles. The highest BCUT2D eigenvalue weighted by Gasteiger charge is 2.41. The topological polar surface area (TPSA) is 61.9 Å². The molecule has 6 heteroatoms. The molecular formula is C15H27N3O3. The molecule has 6 nitrogen and oxygen atoms in total. The van der Waals surface area contributed by atoms with Crippen molar-refractivity contribution in [1.29, 1.82) is 0 Å². The molecule has 0 aromatic rings. The lowest BCUT2D eigenvalue weighted by Crippen LogP contribution is -2.65. The number of hydrogen-bond acceptors (Lipinski definition) is 4. The van der Waals surface area contributed by atoms with Gasteiger partial charge in [0.05, 0.1) is 12.7 Å². The molecule has 2 rings (SSSR count). The standard InChI is InChI=1S/C15H27N3O3/c1-5-17-6-7-21-12(8-17)9-18-13(10(2)3)14(19)16-11(4)15(18)20/h10-13H,5-9H2,1-4H3,(H,16,19). The van der Waals surface area contributed by atoms with E-state index in [4.69, 9.17) is 4.74 Å². The number of amides is 2. The van der Waals surface area contributed by atoms with Crippen LogP contribution in [-0.4, -0.2) is 72.6 Å². The molecule has 2 saturated heterocycles. The molecule has 21 heavy (non-hydrogen) atoms. The summed E-state index contributed by atoms with van der Waals surface area (Å²) in [6.07, 6.45) is -0.0120. The van der Waals surface area contributed by atoms with E-state index in [1.54, 1.807) is 11.8 Å². The second-order valence-corrected chi connectivity index (χ2v) is 6.30. The number of nitrogens with zero attached hydrogens (tertiary/aromatic N) is 2. The number of rotatable bonds is 4. The third kappa shape index (κ3) is 3.55. The zero-order valence-electron chi connectivity index (χ0n) is 13.5. The highest BCUT2D eigenvalue weighted by Crippen LogP contribution is 2.19. The Morgan fingerprint density at radius 3 is 2.71 bits per heavy atom. The summed E-state index contributed by atoms with van der Waals surface area (Å²) in [7, 11) is 0. The van der Waals surface area contributed by atoms with Gasteiger partial charge in [0.2, 0.25) is 11.8 Å². The summed E-state index contributed by atoms with van der Waals surface area (Å²) in [6, 6.07) is -0.840. The van der Waals surface area contributed by atoms with Crippen LogP contribution in [0.2, 0.25) is 0 Å². The van der Waals surface area contributed by atoms with E-state index in [0.29, 0.717) is 13.2 Å². The molecule has 2 aliphatic heterocycles. The van der Waals surface area contributed by atoms with Crippen LogP contribution in [-0.2, 0) is 14.3 Å². The summed E-state index contributed by atoms with van der Waals surface area (Å²) >= 11 is 0. The molecule has 3 atom stereocenters. The maximum Gasteiger partial charge on any atom is 0.245 e. The van der Waals surface area contributed by atoms with Crippen LogP contribution >= 0.6 is 0 Å². The van der Waals surface area contributed by atoms with Gasteiger partial charge in [0.15, 0.2) is 0 Å². The van der Waals surface area contributed by atoms with E-state index < -0.39 is 12.1 Å². The van der Waals surface area contributed by atoms with Gasteiger partial charge in [-0.3, -0.25) is 14.5 Å². The van der Waals surface area contributed by atoms with E-state index in [2.05, 4.69) is 17.1 Å². The van der Waals surface area contributed by atoms with Crippen molar-refractivity contribution in [3.8, 4) is 0 Å². The Labute approximate surface area is 126 Å². The molecular weight excluding hydrogens is 270 g/mol. The van der Waals surface area contributed by atoms with E-state index in [1.165, 1.54) is 0 Å². The summed E-state index contributed by atoms with van der Waals surface area (Å²) in [5, 5.41) is 2.77. The lowest BCUT2D eigenvalue weighted by atomic mass is 9.97. The second kappa shape index (κ2) is 6.75. The minimum Gasteiger partial charge on any atom is -0.374 e. The number of hydrogen-bond donors (Lipinski definition) is 1. The van der Waals surface area contributed by atoms with Crippen LogP contribution in [0.15, 0.2) is 0 Å². The number of piperazine rings is 1. The lowest BCUT2D eigenvalue weighted by Gasteiger charge is -2.43. The Balaban J connectivity index is 2.09. The number of nitrogens with one attached hydrogen (secondary N) is 1. The summed E-state index contributed by atoms with van der Waals surface area (Å²) in [4.78, 5) is 28.7. The van der Waals surface area contributed by atoms with Crippen LogP contribution in [0.3, 0.4) is 0 Å². The molecule has 1 N–H and O–H groups in total. The molecule has 120 valence electrons. The normalized spacial score (nSPS) is 31.7. The first kappa shape index (κ1) is 16.2. The summed E-state index contributed by atoms with van der Waals surface area (Å²) < 4.78 is 5.79. The first-order valence-corrected chi connectivity index (χ1v) is 7.88. The number of carbonyl (C=O) groups is 2. The second-order valence-electron chi connectivity index (χ2n) is 6.30. The van der Waals surface area contributed by atoms with Gasteiger partial charge in [-0.25, -0.2) is 0 Å². The maximum absolute atomic E-state index is 12.5. The first-order valence-electron chi connectivity index (χ1n) is 7.88. The monoisotopic (exact) mass is 297 g/mol. The van der Waals surface area contributed by atoms with Crippen molar-refractivity contribution in [2.75, 3.05) is 32.8 Å². The molecule has 0 aromatic carbocycles. The third-order valence-electron chi connectivity index (χ3n) is 4.32. The fourth-order valence-corrected chi connectivity index (χ4v) is 3.15.